The standard InChI is InChI=1S/C24H24Cl2N2O6S/c1-32-18-9-8-15(14-20(18)34-3)12-13-27-24(29)16-6-4-5-7-17(16)28-35(30,31)21-11-10-19(33-2)22(25)23(21)26/h4-11,14,28H,12-13H2,1-3H3,(H,27,29). The zero-order valence-corrected chi connectivity index (χ0v) is 21.6. The van der Waals surface area contributed by atoms with E-state index in [1.54, 1.807) is 32.4 Å². The molecule has 3 rings (SSSR count). The van der Waals surface area contributed by atoms with Crippen LogP contribution in [0.2, 0.25) is 10.0 Å². The monoisotopic (exact) mass is 538 g/mol. The van der Waals surface area contributed by atoms with Crippen molar-refractivity contribution < 1.29 is 27.4 Å². The van der Waals surface area contributed by atoms with Crippen LogP contribution in [-0.4, -0.2) is 42.2 Å². The van der Waals surface area contributed by atoms with Crippen molar-refractivity contribution in [2.24, 2.45) is 0 Å². The first-order valence-corrected chi connectivity index (χ1v) is 12.6. The Hall–Kier alpha value is -3.14. The van der Waals surface area contributed by atoms with Crippen LogP contribution in [0.25, 0.3) is 0 Å². The summed E-state index contributed by atoms with van der Waals surface area (Å²) in [5, 5.41) is 2.59. The third-order valence-electron chi connectivity index (χ3n) is 5.08. The van der Waals surface area contributed by atoms with E-state index >= 15 is 0 Å². The fourth-order valence-electron chi connectivity index (χ4n) is 3.30. The van der Waals surface area contributed by atoms with E-state index in [1.165, 1.54) is 31.4 Å². The van der Waals surface area contributed by atoms with Gasteiger partial charge in [0.15, 0.2) is 11.5 Å². The number of carbonyl (C=O) groups excluding carboxylic acids is 1. The number of anilines is 1. The van der Waals surface area contributed by atoms with Gasteiger partial charge in [-0.05, 0) is 48.4 Å². The molecule has 0 saturated carbocycles. The zero-order chi connectivity index (χ0) is 25.6. The average molecular weight is 539 g/mol. The van der Waals surface area contributed by atoms with Crippen LogP contribution < -0.4 is 24.2 Å². The molecule has 0 aliphatic heterocycles. The lowest BCUT2D eigenvalue weighted by atomic mass is 10.1. The Labute approximate surface area is 214 Å². The smallest absolute Gasteiger partial charge is 0.263 e. The maximum absolute atomic E-state index is 13.0. The summed E-state index contributed by atoms with van der Waals surface area (Å²) in [6, 6.07) is 14.4. The van der Waals surface area contributed by atoms with E-state index < -0.39 is 15.9 Å². The highest BCUT2D eigenvalue weighted by Gasteiger charge is 2.24. The summed E-state index contributed by atoms with van der Waals surface area (Å²) in [6.45, 7) is 0.315. The first-order valence-electron chi connectivity index (χ1n) is 10.3. The molecule has 0 aliphatic carbocycles. The van der Waals surface area contributed by atoms with E-state index in [0.29, 0.717) is 24.5 Å². The van der Waals surface area contributed by atoms with Crippen molar-refractivity contribution in [2.75, 3.05) is 32.6 Å². The Morgan fingerprint density at radius 2 is 1.51 bits per heavy atom. The Kier molecular flexibility index (Phi) is 8.71. The predicted octanol–water partition coefficient (Wildman–Crippen LogP) is 4.79. The fourth-order valence-corrected chi connectivity index (χ4v) is 5.22. The van der Waals surface area contributed by atoms with Gasteiger partial charge in [0.1, 0.15) is 15.7 Å². The number of nitrogens with one attached hydrogen (secondary N) is 2. The lowest BCUT2D eigenvalue weighted by Crippen LogP contribution is -2.27. The molecule has 8 nitrogen and oxygen atoms in total. The number of amides is 1. The van der Waals surface area contributed by atoms with Crippen molar-refractivity contribution in [1.29, 1.82) is 0 Å². The molecule has 0 saturated heterocycles. The summed E-state index contributed by atoms with van der Waals surface area (Å²) in [4.78, 5) is 12.6. The van der Waals surface area contributed by atoms with Gasteiger partial charge in [0.2, 0.25) is 0 Å². The maximum atomic E-state index is 13.0. The van der Waals surface area contributed by atoms with Crippen LogP contribution in [0.4, 0.5) is 5.69 Å². The molecule has 3 aromatic rings. The second-order valence-corrected chi connectivity index (χ2v) is 9.65. The molecular formula is C24H24Cl2N2O6S. The number of methoxy groups -OCH3 is 3. The Morgan fingerprint density at radius 1 is 0.857 bits per heavy atom. The fraction of sp³-hybridized carbons (Fsp3) is 0.208. The second-order valence-electron chi connectivity index (χ2n) is 7.24. The van der Waals surface area contributed by atoms with Crippen molar-refractivity contribution in [3.63, 3.8) is 0 Å². The number of hydrogen-bond acceptors (Lipinski definition) is 6. The summed E-state index contributed by atoms with van der Waals surface area (Å²) in [7, 11) is 0.346. The molecule has 1 amide bonds. The van der Waals surface area contributed by atoms with Gasteiger partial charge in [0.05, 0.1) is 37.6 Å². The molecule has 35 heavy (non-hydrogen) atoms. The van der Waals surface area contributed by atoms with Crippen LogP contribution in [-0.2, 0) is 16.4 Å². The number of rotatable bonds is 10. The molecule has 2 N–H and O–H groups in total. The molecule has 0 atom stereocenters. The van der Waals surface area contributed by atoms with E-state index in [-0.39, 0.29) is 31.9 Å². The first-order chi connectivity index (χ1) is 16.7. The number of para-hydroxylation sites is 1. The van der Waals surface area contributed by atoms with Gasteiger partial charge in [0, 0.05) is 6.54 Å². The molecule has 0 unspecified atom stereocenters. The van der Waals surface area contributed by atoms with E-state index in [2.05, 4.69) is 10.0 Å². The molecule has 0 spiro atoms. The van der Waals surface area contributed by atoms with Gasteiger partial charge < -0.3 is 19.5 Å². The van der Waals surface area contributed by atoms with E-state index in [4.69, 9.17) is 37.4 Å². The summed E-state index contributed by atoms with van der Waals surface area (Å²) in [5.74, 6) is 1.00. The number of halogens is 2. The molecule has 3 aromatic carbocycles. The van der Waals surface area contributed by atoms with E-state index in [0.717, 1.165) is 5.56 Å². The Morgan fingerprint density at radius 3 is 2.20 bits per heavy atom. The maximum Gasteiger partial charge on any atom is 0.263 e. The topological polar surface area (TPSA) is 103 Å². The average Bonchev–Trinajstić information content (AvgIpc) is 2.85. The van der Waals surface area contributed by atoms with Gasteiger partial charge >= 0.3 is 0 Å². The zero-order valence-electron chi connectivity index (χ0n) is 19.2. The normalized spacial score (nSPS) is 11.0. The number of benzene rings is 3. The van der Waals surface area contributed by atoms with Crippen molar-refractivity contribution in [2.45, 2.75) is 11.3 Å². The van der Waals surface area contributed by atoms with Crippen molar-refractivity contribution >= 4 is 44.8 Å². The molecule has 0 heterocycles. The summed E-state index contributed by atoms with van der Waals surface area (Å²) in [5.41, 5.74) is 1.18. The number of carbonyl (C=O) groups is 1. The van der Waals surface area contributed by atoms with Crippen LogP contribution in [0.5, 0.6) is 17.2 Å². The second kappa shape index (κ2) is 11.5. The van der Waals surface area contributed by atoms with Gasteiger partial charge in [-0.3, -0.25) is 9.52 Å². The minimum atomic E-state index is -4.15. The minimum absolute atomic E-state index is 0.0294. The molecule has 0 bridgehead atoms. The molecule has 11 heteroatoms. The lowest BCUT2D eigenvalue weighted by molar-refractivity contribution is 0.0955. The Bertz CT molecular complexity index is 1330. The Balaban J connectivity index is 1.74. The summed E-state index contributed by atoms with van der Waals surface area (Å²) >= 11 is 12.3. The molecule has 0 fully saturated rings. The third-order valence-corrected chi connectivity index (χ3v) is 7.47. The lowest BCUT2D eigenvalue weighted by Gasteiger charge is -2.15. The number of ether oxygens (including phenoxy) is 3. The highest BCUT2D eigenvalue weighted by molar-refractivity contribution is 7.92. The third kappa shape index (κ3) is 6.11. The summed E-state index contributed by atoms with van der Waals surface area (Å²) in [6.07, 6.45) is 0.528. The highest BCUT2D eigenvalue weighted by Crippen LogP contribution is 2.37. The molecule has 186 valence electrons. The SMILES string of the molecule is COc1ccc(CCNC(=O)c2ccccc2NS(=O)(=O)c2ccc(OC)c(Cl)c2Cl)cc1OC. The van der Waals surface area contributed by atoms with Crippen molar-refractivity contribution in [3.8, 4) is 17.2 Å². The molecule has 0 aromatic heterocycles. The number of hydrogen-bond donors (Lipinski definition) is 2. The van der Waals surface area contributed by atoms with Gasteiger partial charge in [0.25, 0.3) is 15.9 Å². The molecular weight excluding hydrogens is 515 g/mol. The summed E-state index contributed by atoms with van der Waals surface area (Å²) < 4.78 is 44.0. The van der Waals surface area contributed by atoms with Gasteiger partial charge in [-0.2, -0.15) is 0 Å². The molecule has 0 radical (unpaired) electrons. The van der Waals surface area contributed by atoms with Gasteiger partial charge in [-0.1, -0.05) is 41.4 Å². The van der Waals surface area contributed by atoms with Gasteiger partial charge in [-0.25, -0.2) is 8.42 Å². The predicted molar refractivity (Wildman–Crippen MR) is 136 cm³/mol. The van der Waals surface area contributed by atoms with E-state index in [1.807, 2.05) is 12.1 Å². The van der Waals surface area contributed by atoms with Crippen LogP contribution in [0.1, 0.15) is 15.9 Å². The quantitative estimate of drug-likeness (QED) is 0.384. The number of sulfonamides is 1. The van der Waals surface area contributed by atoms with E-state index in [9.17, 15) is 13.2 Å². The first kappa shape index (κ1) is 26.5. The van der Waals surface area contributed by atoms with Crippen molar-refractivity contribution in [3.05, 3.63) is 75.8 Å². The molecule has 0 aliphatic rings. The highest BCUT2D eigenvalue weighted by atomic mass is 35.5. The van der Waals surface area contributed by atoms with Gasteiger partial charge in [-0.15, -0.1) is 0 Å². The van der Waals surface area contributed by atoms with Crippen molar-refractivity contribution in [1.82, 2.24) is 5.32 Å². The van der Waals surface area contributed by atoms with Crippen LogP contribution >= 0.6 is 23.2 Å². The largest absolute Gasteiger partial charge is 0.495 e. The van der Waals surface area contributed by atoms with Crippen LogP contribution in [0.15, 0.2) is 59.5 Å². The van der Waals surface area contributed by atoms with Crippen LogP contribution in [0.3, 0.4) is 0 Å². The minimum Gasteiger partial charge on any atom is -0.495 e. The van der Waals surface area contributed by atoms with Crippen LogP contribution in [0, 0.1) is 0 Å².